The zero-order valence-corrected chi connectivity index (χ0v) is 23.7. The normalized spacial score (nSPS) is 20.3. The molecule has 10 nitrogen and oxygen atoms in total. The van der Waals surface area contributed by atoms with Crippen LogP contribution in [0.25, 0.3) is 0 Å². The van der Waals surface area contributed by atoms with E-state index in [4.69, 9.17) is 28.3 Å². The van der Waals surface area contributed by atoms with Crippen molar-refractivity contribution in [3.05, 3.63) is 63.6 Å². The number of hydrogen-bond donors (Lipinski definition) is 5. The van der Waals surface area contributed by atoms with Gasteiger partial charge in [-0.3, -0.25) is 19.2 Å². The highest BCUT2D eigenvalue weighted by Gasteiger charge is 2.58. The first kappa shape index (κ1) is 30.9. The van der Waals surface area contributed by atoms with Crippen molar-refractivity contribution in [1.29, 1.82) is 0 Å². The monoisotopic (exact) mass is 591 g/mol. The summed E-state index contributed by atoms with van der Waals surface area (Å²) in [5, 5.41) is 26.8. The quantitative estimate of drug-likeness (QED) is 0.279. The van der Waals surface area contributed by atoms with E-state index in [1.54, 1.807) is 63.2 Å². The van der Waals surface area contributed by atoms with Gasteiger partial charge in [0.25, 0.3) is 5.91 Å². The van der Waals surface area contributed by atoms with Gasteiger partial charge in [0, 0.05) is 18.0 Å². The van der Waals surface area contributed by atoms with Crippen molar-refractivity contribution < 1.29 is 34.2 Å². The Balaban J connectivity index is 1.66. The second kappa shape index (κ2) is 12.3. The Kier molecular flexibility index (Phi) is 9.48. The molecular formula is C28H31Cl2N3O7. The minimum atomic E-state index is -1.24. The SMILES string of the molecule is CC1(C(=O)NCC(=O)O)CCC(C(=O)N[C@@H](Cc2ccc(NC(=O)c3c(Cl)cccc3Cl)cc2)C(=O)O)C1(C)C. The maximum absolute atomic E-state index is 13.2. The minimum Gasteiger partial charge on any atom is -0.480 e. The molecule has 0 spiro atoms. The van der Waals surface area contributed by atoms with Crippen LogP contribution in [-0.4, -0.2) is 52.5 Å². The van der Waals surface area contributed by atoms with E-state index in [1.807, 2.05) is 0 Å². The molecule has 2 aromatic carbocycles. The molecule has 2 unspecified atom stereocenters. The number of carboxylic acids is 2. The number of nitrogens with one attached hydrogen (secondary N) is 3. The molecule has 2 aromatic rings. The number of aliphatic carboxylic acids is 2. The minimum absolute atomic E-state index is 0.0187. The van der Waals surface area contributed by atoms with E-state index in [9.17, 15) is 29.1 Å². The highest BCUT2D eigenvalue weighted by atomic mass is 35.5. The van der Waals surface area contributed by atoms with Gasteiger partial charge in [0.2, 0.25) is 11.8 Å². The highest BCUT2D eigenvalue weighted by Crippen LogP contribution is 2.56. The maximum atomic E-state index is 13.2. The van der Waals surface area contributed by atoms with Crippen LogP contribution in [0.15, 0.2) is 42.5 Å². The third-order valence-corrected chi connectivity index (χ3v) is 8.53. The fourth-order valence-corrected chi connectivity index (χ4v) is 5.63. The summed E-state index contributed by atoms with van der Waals surface area (Å²) in [5.74, 6) is -4.52. The Morgan fingerprint density at radius 1 is 0.975 bits per heavy atom. The van der Waals surface area contributed by atoms with Gasteiger partial charge in [0.15, 0.2) is 0 Å². The van der Waals surface area contributed by atoms with Crippen LogP contribution in [0.4, 0.5) is 5.69 Å². The zero-order valence-electron chi connectivity index (χ0n) is 22.2. The van der Waals surface area contributed by atoms with Gasteiger partial charge in [0.1, 0.15) is 12.6 Å². The lowest BCUT2D eigenvalue weighted by Gasteiger charge is -2.40. The van der Waals surface area contributed by atoms with Crippen molar-refractivity contribution >= 4 is 58.5 Å². The third-order valence-electron chi connectivity index (χ3n) is 7.90. The van der Waals surface area contributed by atoms with E-state index in [0.717, 1.165) is 0 Å². The van der Waals surface area contributed by atoms with Crippen LogP contribution in [0.3, 0.4) is 0 Å². The predicted octanol–water partition coefficient (Wildman–Crippen LogP) is 4.00. The van der Waals surface area contributed by atoms with Gasteiger partial charge in [-0.1, -0.05) is 62.2 Å². The zero-order chi connectivity index (χ0) is 29.8. The molecule has 0 radical (unpaired) electrons. The molecular weight excluding hydrogens is 561 g/mol. The van der Waals surface area contributed by atoms with Gasteiger partial charge < -0.3 is 26.2 Å². The second-order valence-corrected chi connectivity index (χ2v) is 11.4. The molecule has 12 heteroatoms. The summed E-state index contributed by atoms with van der Waals surface area (Å²) in [6, 6.07) is 9.95. The van der Waals surface area contributed by atoms with Crippen LogP contribution in [-0.2, 0) is 25.6 Å². The molecule has 1 aliphatic carbocycles. The molecule has 3 amide bonds. The van der Waals surface area contributed by atoms with E-state index in [-0.39, 0.29) is 22.0 Å². The molecule has 0 aromatic heterocycles. The number of anilines is 1. The molecule has 1 aliphatic rings. The smallest absolute Gasteiger partial charge is 0.326 e. The average molecular weight is 592 g/mol. The molecule has 0 bridgehead atoms. The molecule has 214 valence electrons. The molecule has 1 saturated carbocycles. The number of hydrogen-bond acceptors (Lipinski definition) is 5. The Hall–Kier alpha value is -3.63. The summed E-state index contributed by atoms with van der Waals surface area (Å²) in [7, 11) is 0. The summed E-state index contributed by atoms with van der Waals surface area (Å²) < 4.78 is 0. The summed E-state index contributed by atoms with van der Waals surface area (Å²) in [5.41, 5.74) is -0.710. The number of carboxylic acid groups (broad SMARTS) is 2. The van der Waals surface area contributed by atoms with E-state index in [1.165, 1.54) is 0 Å². The lowest BCUT2D eigenvalue weighted by Crippen LogP contribution is -2.52. The number of amides is 3. The Labute approximate surface area is 241 Å². The molecule has 0 saturated heterocycles. The van der Waals surface area contributed by atoms with E-state index >= 15 is 0 Å². The van der Waals surface area contributed by atoms with Crippen molar-refractivity contribution in [2.75, 3.05) is 11.9 Å². The van der Waals surface area contributed by atoms with E-state index < -0.39 is 59.0 Å². The lowest BCUT2D eigenvalue weighted by atomic mass is 9.65. The lowest BCUT2D eigenvalue weighted by molar-refractivity contribution is -0.145. The number of halogens is 2. The maximum Gasteiger partial charge on any atom is 0.326 e. The predicted molar refractivity (Wildman–Crippen MR) is 149 cm³/mol. The second-order valence-electron chi connectivity index (χ2n) is 10.6. The van der Waals surface area contributed by atoms with Crippen molar-refractivity contribution in [2.24, 2.45) is 16.7 Å². The van der Waals surface area contributed by atoms with E-state index in [2.05, 4.69) is 16.0 Å². The van der Waals surface area contributed by atoms with Gasteiger partial charge in [-0.25, -0.2) is 4.79 Å². The standard InChI is InChI=1S/C28H31Cl2N3O7/c1-27(2)17(11-12-28(27,3)26(40)31-14-21(34)35)23(36)33-20(25(38)39)13-15-7-9-16(10-8-15)32-24(37)22-18(29)5-4-6-19(22)30/h4-10,17,20H,11-14H2,1-3H3,(H,31,40)(H,32,37)(H,33,36)(H,34,35)(H,38,39)/t17?,20-,28?/m0/s1. The molecule has 0 heterocycles. The molecule has 40 heavy (non-hydrogen) atoms. The Morgan fingerprint density at radius 3 is 2.12 bits per heavy atom. The summed E-state index contributed by atoms with van der Waals surface area (Å²) in [6.07, 6.45) is 0.662. The van der Waals surface area contributed by atoms with Crippen LogP contribution < -0.4 is 16.0 Å². The molecule has 3 rings (SSSR count). The van der Waals surface area contributed by atoms with Crippen LogP contribution in [0, 0.1) is 16.7 Å². The third kappa shape index (κ3) is 6.56. The highest BCUT2D eigenvalue weighted by molar-refractivity contribution is 6.40. The summed E-state index contributed by atoms with van der Waals surface area (Å²) in [6.45, 7) is 4.66. The van der Waals surface area contributed by atoms with Crippen molar-refractivity contribution in [2.45, 2.75) is 46.1 Å². The van der Waals surface area contributed by atoms with Crippen molar-refractivity contribution in [3.8, 4) is 0 Å². The van der Waals surface area contributed by atoms with Crippen LogP contribution in [0.2, 0.25) is 10.0 Å². The van der Waals surface area contributed by atoms with E-state index in [0.29, 0.717) is 24.1 Å². The van der Waals surface area contributed by atoms with Crippen molar-refractivity contribution in [3.63, 3.8) is 0 Å². The molecule has 0 aliphatic heterocycles. The van der Waals surface area contributed by atoms with Gasteiger partial charge in [-0.05, 0) is 48.1 Å². The summed E-state index contributed by atoms with van der Waals surface area (Å²) in [4.78, 5) is 61.5. The Morgan fingerprint density at radius 2 is 1.57 bits per heavy atom. The molecule has 3 atom stereocenters. The van der Waals surface area contributed by atoms with Gasteiger partial charge in [-0.15, -0.1) is 0 Å². The fourth-order valence-electron chi connectivity index (χ4n) is 5.06. The first-order valence-electron chi connectivity index (χ1n) is 12.5. The van der Waals surface area contributed by atoms with Gasteiger partial charge in [0.05, 0.1) is 21.0 Å². The Bertz CT molecular complexity index is 1310. The van der Waals surface area contributed by atoms with Crippen LogP contribution >= 0.6 is 23.2 Å². The average Bonchev–Trinajstić information content (AvgIpc) is 3.12. The van der Waals surface area contributed by atoms with Gasteiger partial charge in [-0.2, -0.15) is 0 Å². The first-order chi connectivity index (χ1) is 18.7. The largest absolute Gasteiger partial charge is 0.480 e. The van der Waals surface area contributed by atoms with Crippen LogP contribution in [0.5, 0.6) is 0 Å². The number of rotatable bonds is 10. The molecule has 5 N–H and O–H groups in total. The first-order valence-corrected chi connectivity index (χ1v) is 13.3. The molecule has 1 fully saturated rings. The number of carbonyl (C=O) groups excluding carboxylic acids is 3. The number of carbonyl (C=O) groups is 5. The van der Waals surface area contributed by atoms with Crippen molar-refractivity contribution in [1.82, 2.24) is 10.6 Å². The fraction of sp³-hybridized carbons (Fsp3) is 0.393. The summed E-state index contributed by atoms with van der Waals surface area (Å²) >= 11 is 12.2. The van der Waals surface area contributed by atoms with Gasteiger partial charge >= 0.3 is 11.9 Å². The van der Waals surface area contributed by atoms with Crippen LogP contribution in [0.1, 0.15) is 49.5 Å². The number of benzene rings is 2. The topological polar surface area (TPSA) is 162 Å².